The SMILES string of the molecule is C[C@@H](N)CCc1cncc(Br)c1. The largest absolute Gasteiger partial charge is 0.328 e. The summed E-state index contributed by atoms with van der Waals surface area (Å²) >= 11 is 3.38. The molecule has 1 atom stereocenters. The molecule has 0 aliphatic carbocycles. The first-order valence-electron chi connectivity index (χ1n) is 4.03. The van der Waals surface area contributed by atoms with Crippen LogP contribution in [0.1, 0.15) is 18.9 Å². The lowest BCUT2D eigenvalue weighted by Crippen LogP contribution is -2.15. The van der Waals surface area contributed by atoms with Crippen molar-refractivity contribution in [2.45, 2.75) is 25.8 Å². The van der Waals surface area contributed by atoms with Crippen LogP contribution in [-0.4, -0.2) is 11.0 Å². The number of rotatable bonds is 3. The molecule has 2 nitrogen and oxygen atoms in total. The fraction of sp³-hybridized carbons (Fsp3) is 0.444. The second-order valence-electron chi connectivity index (χ2n) is 3.03. The summed E-state index contributed by atoms with van der Waals surface area (Å²) in [4.78, 5) is 4.07. The lowest BCUT2D eigenvalue weighted by molar-refractivity contribution is 0.665. The minimum Gasteiger partial charge on any atom is -0.328 e. The zero-order chi connectivity index (χ0) is 8.97. The molecule has 0 saturated carbocycles. The fourth-order valence-electron chi connectivity index (χ4n) is 0.987. The number of aromatic nitrogens is 1. The van der Waals surface area contributed by atoms with Crippen LogP contribution in [0.25, 0.3) is 0 Å². The van der Waals surface area contributed by atoms with Crippen LogP contribution in [0, 0.1) is 0 Å². The van der Waals surface area contributed by atoms with Crippen molar-refractivity contribution in [3.63, 3.8) is 0 Å². The number of hydrogen-bond acceptors (Lipinski definition) is 2. The van der Waals surface area contributed by atoms with Gasteiger partial charge in [-0.3, -0.25) is 4.98 Å². The van der Waals surface area contributed by atoms with Crippen molar-refractivity contribution in [3.8, 4) is 0 Å². The summed E-state index contributed by atoms with van der Waals surface area (Å²) in [5.74, 6) is 0. The summed E-state index contributed by atoms with van der Waals surface area (Å²) in [5.41, 5.74) is 6.88. The molecular formula is C9H13BrN2. The number of hydrogen-bond donors (Lipinski definition) is 1. The highest BCUT2D eigenvalue weighted by molar-refractivity contribution is 9.10. The van der Waals surface area contributed by atoms with Gasteiger partial charge in [0, 0.05) is 22.9 Å². The molecule has 0 aromatic carbocycles. The minimum absolute atomic E-state index is 0.268. The fourth-order valence-corrected chi connectivity index (χ4v) is 1.40. The summed E-state index contributed by atoms with van der Waals surface area (Å²) in [5, 5.41) is 0. The van der Waals surface area contributed by atoms with Gasteiger partial charge < -0.3 is 5.73 Å². The molecular weight excluding hydrogens is 216 g/mol. The minimum atomic E-state index is 0.268. The molecule has 0 saturated heterocycles. The van der Waals surface area contributed by atoms with Gasteiger partial charge in [-0.2, -0.15) is 0 Å². The first-order valence-corrected chi connectivity index (χ1v) is 4.83. The third kappa shape index (κ3) is 3.32. The van der Waals surface area contributed by atoms with E-state index in [9.17, 15) is 0 Å². The van der Waals surface area contributed by atoms with Crippen molar-refractivity contribution >= 4 is 15.9 Å². The first kappa shape index (κ1) is 9.68. The molecule has 0 spiro atoms. The van der Waals surface area contributed by atoms with E-state index < -0.39 is 0 Å². The summed E-state index contributed by atoms with van der Waals surface area (Å²) in [7, 11) is 0. The Bertz CT molecular complexity index is 248. The normalized spacial score (nSPS) is 12.9. The highest BCUT2D eigenvalue weighted by Gasteiger charge is 1.97. The van der Waals surface area contributed by atoms with Crippen LogP contribution in [0.5, 0.6) is 0 Å². The van der Waals surface area contributed by atoms with E-state index in [4.69, 9.17) is 5.73 Å². The lowest BCUT2D eigenvalue weighted by atomic mass is 10.1. The zero-order valence-electron chi connectivity index (χ0n) is 7.13. The van der Waals surface area contributed by atoms with E-state index in [2.05, 4.69) is 27.0 Å². The number of nitrogens with two attached hydrogens (primary N) is 1. The molecule has 12 heavy (non-hydrogen) atoms. The van der Waals surface area contributed by atoms with Gasteiger partial charge in [0.1, 0.15) is 0 Å². The first-order chi connectivity index (χ1) is 5.68. The Morgan fingerprint density at radius 3 is 2.92 bits per heavy atom. The maximum Gasteiger partial charge on any atom is 0.0410 e. The van der Waals surface area contributed by atoms with E-state index in [1.54, 1.807) is 6.20 Å². The molecule has 1 aromatic heterocycles. The van der Waals surface area contributed by atoms with E-state index in [0.29, 0.717) is 0 Å². The Kier molecular flexibility index (Phi) is 3.69. The van der Waals surface area contributed by atoms with Crippen molar-refractivity contribution in [1.82, 2.24) is 4.98 Å². The predicted molar refractivity (Wildman–Crippen MR) is 53.9 cm³/mol. The Morgan fingerprint density at radius 1 is 1.58 bits per heavy atom. The molecule has 0 amide bonds. The molecule has 0 radical (unpaired) electrons. The Balaban J connectivity index is 2.52. The Hall–Kier alpha value is -0.410. The van der Waals surface area contributed by atoms with E-state index >= 15 is 0 Å². The van der Waals surface area contributed by atoms with Crippen molar-refractivity contribution in [3.05, 3.63) is 28.5 Å². The number of aryl methyl sites for hydroxylation is 1. The van der Waals surface area contributed by atoms with Crippen molar-refractivity contribution < 1.29 is 0 Å². The molecule has 66 valence electrons. The van der Waals surface area contributed by atoms with E-state index in [0.717, 1.165) is 17.3 Å². The van der Waals surface area contributed by atoms with Crippen LogP contribution in [0.2, 0.25) is 0 Å². The van der Waals surface area contributed by atoms with Gasteiger partial charge in [-0.05, 0) is 47.3 Å². The average Bonchev–Trinajstić information content (AvgIpc) is 2.01. The molecule has 1 aromatic rings. The molecule has 1 rings (SSSR count). The second kappa shape index (κ2) is 4.58. The van der Waals surface area contributed by atoms with Crippen LogP contribution in [0.15, 0.2) is 22.9 Å². The third-order valence-corrected chi connectivity index (χ3v) is 2.08. The van der Waals surface area contributed by atoms with Gasteiger partial charge in [-0.15, -0.1) is 0 Å². The third-order valence-electron chi connectivity index (χ3n) is 1.65. The van der Waals surface area contributed by atoms with Crippen molar-refractivity contribution in [2.75, 3.05) is 0 Å². The molecule has 1 heterocycles. The predicted octanol–water partition coefficient (Wildman–Crippen LogP) is 2.12. The molecule has 3 heteroatoms. The van der Waals surface area contributed by atoms with Crippen molar-refractivity contribution in [2.24, 2.45) is 5.73 Å². The van der Waals surface area contributed by atoms with Crippen LogP contribution < -0.4 is 5.73 Å². The maximum absolute atomic E-state index is 5.65. The molecule has 2 N–H and O–H groups in total. The molecule has 0 fully saturated rings. The topological polar surface area (TPSA) is 38.9 Å². The van der Waals surface area contributed by atoms with Crippen LogP contribution in [0.3, 0.4) is 0 Å². The molecule has 0 aliphatic heterocycles. The van der Waals surface area contributed by atoms with Crippen LogP contribution >= 0.6 is 15.9 Å². The summed E-state index contributed by atoms with van der Waals surface area (Å²) < 4.78 is 1.03. The number of nitrogens with zero attached hydrogens (tertiary/aromatic N) is 1. The van der Waals surface area contributed by atoms with Crippen molar-refractivity contribution in [1.29, 1.82) is 0 Å². The molecule has 0 unspecified atom stereocenters. The summed E-state index contributed by atoms with van der Waals surface area (Å²) in [6.07, 6.45) is 5.69. The van der Waals surface area contributed by atoms with E-state index in [1.807, 2.05) is 13.1 Å². The zero-order valence-corrected chi connectivity index (χ0v) is 8.71. The highest BCUT2D eigenvalue weighted by atomic mass is 79.9. The Morgan fingerprint density at radius 2 is 2.33 bits per heavy atom. The lowest BCUT2D eigenvalue weighted by Gasteiger charge is -2.04. The van der Waals surface area contributed by atoms with Gasteiger partial charge >= 0.3 is 0 Å². The number of pyridine rings is 1. The van der Waals surface area contributed by atoms with Crippen LogP contribution in [0.4, 0.5) is 0 Å². The second-order valence-corrected chi connectivity index (χ2v) is 3.94. The van der Waals surface area contributed by atoms with Gasteiger partial charge in [0.2, 0.25) is 0 Å². The maximum atomic E-state index is 5.65. The van der Waals surface area contributed by atoms with Gasteiger partial charge in [0.25, 0.3) is 0 Å². The Labute approximate surface area is 81.3 Å². The average molecular weight is 229 g/mol. The standard InChI is InChI=1S/C9H13BrN2/c1-7(11)2-3-8-4-9(10)6-12-5-8/h4-7H,2-3,11H2,1H3/t7-/m1/s1. The summed E-state index contributed by atoms with van der Waals surface area (Å²) in [6, 6.07) is 2.35. The quantitative estimate of drug-likeness (QED) is 0.862. The molecule has 0 bridgehead atoms. The van der Waals surface area contributed by atoms with Crippen LogP contribution in [-0.2, 0) is 6.42 Å². The van der Waals surface area contributed by atoms with Gasteiger partial charge in [-0.1, -0.05) is 0 Å². The van der Waals surface area contributed by atoms with Gasteiger partial charge in [0.05, 0.1) is 0 Å². The molecule has 0 aliphatic rings. The highest BCUT2D eigenvalue weighted by Crippen LogP contribution is 2.11. The summed E-state index contributed by atoms with van der Waals surface area (Å²) in [6.45, 7) is 2.02. The van der Waals surface area contributed by atoms with E-state index in [-0.39, 0.29) is 6.04 Å². The smallest absolute Gasteiger partial charge is 0.0410 e. The van der Waals surface area contributed by atoms with Gasteiger partial charge in [-0.25, -0.2) is 0 Å². The number of halogens is 1. The monoisotopic (exact) mass is 228 g/mol. The van der Waals surface area contributed by atoms with Gasteiger partial charge in [0.15, 0.2) is 0 Å². The van der Waals surface area contributed by atoms with E-state index in [1.165, 1.54) is 5.56 Å².